The van der Waals surface area contributed by atoms with Crippen molar-refractivity contribution in [3.8, 4) is 5.75 Å². The zero-order chi connectivity index (χ0) is 25.2. The molecule has 1 aliphatic heterocycles. The summed E-state index contributed by atoms with van der Waals surface area (Å²) in [5.41, 5.74) is 1.18. The number of carboxylic acid groups (broad SMARTS) is 4. The Hall–Kier alpha value is -3.41. The van der Waals surface area contributed by atoms with Gasteiger partial charge in [-0.25, -0.2) is 19.2 Å². The summed E-state index contributed by atoms with van der Waals surface area (Å²) in [6.45, 7) is 7.89. The van der Waals surface area contributed by atoms with Crippen LogP contribution >= 0.6 is 11.6 Å². The molecule has 0 unspecified atom stereocenters. The highest BCUT2D eigenvalue weighted by atomic mass is 35.5. The van der Waals surface area contributed by atoms with Gasteiger partial charge in [-0.3, -0.25) is 4.90 Å². The van der Waals surface area contributed by atoms with Crippen molar-refractivity contribution >= 4 is 35.5 Å². The van der Waals surface area contributed by atoms with Crippen LogP contribution in [0.4, 0.5) is 0 Å². The van der Waals surface area contributed by atoms with Crippen LogP contribution in [0.1, 0.15) is 12.5 Å². The Balaban J connectivity index is 0.000000539. The van der Waals surface area contributed by atoms with Crippen LogP contribution < -0.4 is 10.1 Å². The summed E-state index contributed by atoms with van der Waals surface area (Å²) in [5.74, 6) is -4.07. The van der Waals surface area contributed by atoms with Crippen LogP contribution in [0.2, 0.25) is 5.02 Å². The summed E-state index contributed by atoms with van der Waals surface area (Å²) in [6, 6.07) is 5.85. The zero-order valence-corrected chi connectivity index (χ0v) is 18.7. The Kier molecular flexibility index (Phi) is 15.4. The van der Waals surface area contributed by atoms with E-state index in [0.717, 1.165) is 43.5 Å². The first kappa shape index (κ1) is 29.6. The number of hydrogen-bond donors (Lipinski definition) is 5. The number of nitrogens with one attached hydrogen (secondary N) is 1. The zero-order valence-electron chi connectivity index (χ0n) is 17.9. The van der Waals surface area contributed by atoms with Crippen molar-refractivity contribution in [3.63, 3.8) is 0 Å². The normalized spacial score (nSPS) is 13.4. The quantitative estimate of drug-likeness (QED) is 0.337. The largest absolute Gasteiger partial charge is 0.494 e. The van der Waals surface area contributed by atoms with Gasteiger partial charge in [-0.15, -0.1) is 0 Å². The monoisotopic (exact) mass is 486 g/mol. The minimum absolute atomic E-state index is 0.558. The number of hydrogen-bond acceptors (Lipinski definition) is 7. The molecule has 12 heteroatoms. The molecule has 1 fully saturated rings. The second-order valence-corrected chi connectivity index (χ2v) is 6.67. The van der Waals surface area contributed by atoms with Crippen molar-refractivity contribution < 1.29 is 44.3 Å². The highest BCUT2D eigenvalue weighted by Gasteiger charge is 2.13. The summed E-state index contributed by atoms with van der Waals surface area (Å²) in [6.07, 6.45) is 2.23. The lowest BCUT2D eigenvalue weighted by atomic mass is 10.1. The molecule has 1 heterocycles. The van der Waals surface area contributed by atoms with Gasteiger partial charge in [0, 0.05) is 67.6 Å². The van der Waals surface area contributed by atoms with Gasteiger partial charge in [0.15, 0.2) is 0 Å². The number of benzene rings is 1. The van der Waals surface area contributed by atoms with E-state index in [-0.39, 0.29) is 0 Å². The number of carbonyl (C=O) groups is 4. The predicted octanol–water partition coefficient (Wildman–Crippen LogP) is 1.57. The molecule has 5 N–H and O–H groups in total. The molecule has 0 aromatic heterocycles. The third-order valence-electron chi connectivity index (χ3n) is 3.66. The van der Waals surface area contributed by atoms with Crippen LogP contribution in [0.3, 0.4) is 0 Å². The maximum absolute atomic E-state index is 9.55. The molecule has 1 saturated heterocycles. The number of aliphatic carboxylic acids is 4. The fraction of sp³-hybridized carbons (Fsp3) is 0.333. The molecular formula is C21H27ClN2O9. The van der Waals surface area contributed by atoms with Gasteiger partial charge in [-0.2, -0.15) is 0 Å². The van der Waals surface area contributed by atoms with Gasteiger partial charge < -0.3 is 30.5 Å². The summed E-state index contributed by atoms with van der Waals surface area (Å²) >= 11 is 6.05. The molecule has 1 aliphatic rings. The van der Waals surface area contributed by atoms with Crippen molar-refractivity contribution in [2.75, 3.05) is 32.8 Å². The molecule has 0 saturated carbocycles. The molecule has 11 nitrogen and oxygen atoms in total. The molecule has 33 heavy (non-hydrogen) atoms. The van der Waals surface area contributed by atoms with Gasteiger partial charge in [-0.1, -0.05) is 11.6 Å². The van der Waals surface area contributed by atoms with E-state index in [9.17, 15) is 19.2 Å². The second-order valence-electron chi connectivity index (χ2n) is 6.23. The van der Waals surface area contributed by atoms with Crippen LogP contribution in [-0.4, -0.2) is 82.0 Å². The van der Waals surface area contributed by atoms with E-state index in [1.807, 2.05) is 25.1 Å². The second kappa shape index (κ2) is 17.2. The summed E-state index contributed by atoms with van der Waals surface area (Å²) in [7, 11) is 0. The Labute approximate surface area is 195 Å². The average molecular weight is 487 g/mol. The molecule has 0 amide bonds. The smallest absolute Gasteiger partial charge is 0.328 e. The van der Waals surface area contributed by atoms with Gasteiger partial charge in [0.25, 0.3) is 0 Å². The van der Waals surface area contributed by atoms with Crippen LogP contribution in [0.25, 0.3) is 0 Å². The van der Waals surface area contributed by atoms with Gasteiger partial charge in [0.1, 0.15) is 5.75 Å². The molecular weight excluding hydrogens is 460 g/mol. The number of rotatable bonds is 8. The first-order valence-corrected chi connectivity index (χ1v) is 10.0. The van der Waals surface area contributed by atoms with Crippen LogP contribution in [0, 0.1) is 0 Å². The molecule has 182 valence electrons. The lowest BCUT2D eigenvalue weighted by Gasteiger charge is -2.27. The minimum atomic E-state index is -1.26. The number of ether oxygens (including phenoxy) is 1. The van der Waals surface area contributed by atoms with Crippen molar-refractivity contribution in [3.05, 3.63) is 53.1 Å². The highest BCUT2D eigenvalue weighted by molar-refractivity contribution is 6.30. The summed E-state index contributed by atoms with van der Waals surface area (Å²) in [4.78, 5) is 40.6. The van der Waals surface area contributed by atoms with Crippen LogP contribution in [0.5, 0.6) is 5.75 Å². The third kappa shape index (κ3) is 16.9. The van der Waals surface area contributed by atoms with Crippen molar-refractivity contribution in [1.29, 1.82) is 0 Å². The molecule has 0 aliphatic carbocycles. The van der Waals surface area contributed by atoms with Crippen molar-refractivity contribution in [1.82, 2.24) is 10.2 Å². The van der Waals surface area contributed by atoms with Gasteiger partial charge in [-0.05, 0) is 25.1 Å². The molecule has 0 bridgehead atoms. The number of nitrogens with zero attached hydrogens (tertiary/aromatic N) is 1. The van der Waals surface area contributed by atoms with E-state index in [4.69, 9.17) is 36.8 Å². The lowest BCUT2D eigenvalue weighted by molar-refractivity contribution is -0.134. The number of carboxylic acids is 4. The topological polar surface area (TPSA) is 174 Å². The fourth-order valence-electron chi connectivity index (χ4n) is 2.36. The van der Waals surface area contributed by atoms with E-state index >= 15 is 0 Å². The summed E-state index contributed by atoms with van der Waals surface area (Å²) < 4.78 is 5.63. The Bertz CT molecular complexity index is 784. The van der Waals surface area contributed by atoms with Gasteiger partial charge in [0.05, 0.1) is 6.61 Å². The first-order chi connectivity index (χ1) is 15.5. The SMILES string of the molecule is CCOc1ccc(Cl)cc1CN1CCNCC1.O=C(O)/C=C/C(=O)O.O=C(O)/C=C/C(=O)O. The third-order valence-corrected chi connectivity index (χ3v) is 3.90. The van der Waals surface area contributed by atoms with Gasteiger partial charge in [0.2, 0.25) is 0 Å². The van der Waals surface area contributed by atoms with Gasteiger partial charge >= 0.3 is 23.9 Å². The van der Waals surface area contributed by atoms with Crippen molar-refractivity contribution in [2.45, 2.75) is 13.5 Å². The summed E-state index contributed by atoms with van der Waals surface area (Å²) in [5, 5.41) is 35.4. The van der Waals surface area contributed by atoms with E-state index < -0.39 is 23.9 Å². The Morgan fingerprint density at radius 2 is 1.39 bits per heavy atom. The van der Waals surface area contributed by atoms with E-state index in [1.165, 1.54) is 5.56 Å². The minimum Gasteiger partial charge on any atom is -0.494 e. The first-order valence-electron chi connectivity index (χ1n) is 9.67. The van der Waals surface area contributed by atoms with E-state index in [1.54, 1.807) is 0 Å². The van der Waals surface area contributed by atoms with Crippen LogP contribution in [-0.2, 0) is 25.7 Å². The van der Waals surface area contributed by atoms with E-state index in [2.05, 4.69) is 10.2 Å². The number of halogens is 1. The number of piperazine rings is 1. The average Bonchev–Trinajstić information content (AvgIpc) is 2.74. The maximum atomic E-state index is 9.55. The molecule has 0 spiro atoms. The predicted molar refractivity (Wildman–Crippen MR) is 120 cm³/mol. The Morgan fingerprint density at radius 1 is 0.939 bits per heavy atom. The molecule has 1 aromatic carbocycles. The van der Waals surface area contributed by atoms with Crippen molar-refractivity contribution in [2.24, 2.45) is 0 Å². The standard InChI is InChI=1S/C13H19ClN2O.2C4H4O4/c1-2-17-13-4-3-12(14)9-11(13)10-16-7-5-15-6-8-16;2*5-3(6)1-2-4(7)8/h3-4,9,15H,2,5-8,10H2,1H3;2*1-2H,(H,5,6)(H,7,8)/b;2*2-1+. The Morgan fingerprint density at radius 3 is 1.79 bits per heavy atom. The highest BCUT2D eigenvalue weighted by Crippen LogP contribution is 2.24. The fourth-order valence-corrected chi connectivity index (χ4v) is 2.56. The molecule has 0 atom stereocenters. The molecule has 0 radical (unpaired) electrons. The molecule has 1 aromatic rings. The lowest BCUT2D eigenvalue weighted by Crippen LogP contribution is -2.42. The van der Waals surface area contributed by atoms with E-state index in [0.29, 0.717) is 30.9 Å². The maximum Gasteiger partial charge on any atom is 0.328 e. The molecule has 2 rings (SSSR count). The van der Waals surface area contributed by atoms with Crippen LogP contribution in [0.15, 0.2) is 42.5 Å².